The van der Waals surface area contributed by atoms with Gasteiger partial charge in [-0.1, -0.05) is 11.6 Å². The first kappa shape index (κ1) is 16.7. The minimum absolute atomic E-state index is 0.403. The first-order valence-corrected chi connectivity index (χ1v) is 8.95. The van der Waals surface area contributed by atoms with Crippen molar-refractivity contribution in [3.63, 3.8) is 0 Å². The van der Waals surface area contributed by atoms with E-state index in [1.165, 1.54) is 0 Å². The molecule has 2 aromatic heterocycles. The molecule has 6 heteroatoms. The van der Waals surface area contributed by atoms with Gasteiger partial charge in [-0.25, -0.2) is 9.78 Å². The lowest BCUT2D eigenvalue weighted by atomic mass is 10.1. The van der Waals surface area contributed by atoms with Crippen LogP contribution in [0.5, 0.6) is 0 Å². The van der Waals surface area contributed by atoms with Crippen molar-refractivity contribution in [2.75, 3.05) is 18.0 Å². The topological polar surface area (TPSA) is 62.1 Å². The van der Waals surface area contributed by atoms with Crippen molar-refractivity contribution in [1.29, 1.82) is 0 Å². The minimum Gasteiger partial charge on any atom is -0.422 e. The highest BCUT2D eigenvalue weighted by atomic mass is 35.5. The van der Waals surface area contributed by atoms with E-state index < -0.39 is 5.63 Å². The molecule has 0 spiro atoms. The van der Waals surface area contributed by atoms with E-state index in [1.807, 2.05) is 30.3 Å². The molecule has 0 atom stereocenters. The van der Waals surface area contributed by atoms with Gasteiger partial charge in [-0.3, -0.25) is 0 Å². The summed E-state index contributed by atoms with van der Waals surface area (Å²) in [7, 11) is 0. The second kappa shape index (κ2) is 6.50. The molecular weight excluding hydrogens is 350 g/mol. The lowest BCUT2D eigenvalue weighted by Crippen LogP contribution is -2.21. The fourth-order valence-electron chi connectivity index (χ4n) is 3.16. The zero-order valence-electron chi connectivity index (χ0n) is 14.5. The predicted octanol–water partition coefficient (Wildman–Crippen LogP) is 4.84. The number of aromatic nitrogens is 2. The zero-order chi connectivity index (χ0) is 18.3. The van der Waals surface area contributed by atoms with Gasteiger partial charge in [-0.15, -0.1) is 0 Å². The molecule has 0 unspecified atom stereocenters. The molecule has 1 N–H and O–H groups in total. The summed E-state index contributed by atoms with van der Waals surface area (Å²) < 4.78 is 5.58. The fraction of sp³-hybridized carbons (Fsp3) is 0.200. The van der Waals surface area contributed by atoms with Crippen LogP contribution in [-0.2, 0) is 0 Å². The number of rotatable bonds is 4. The number of halogens is 1. The number of fused-ring (bicyclic) bond motifs is 2. The fourth-order valence-corrected chi connectivity index (χ4v) is 3.33. The number of nitrogens with zero attached hydrogens (tertiary/aromatic N) is 2. The molecule has 0 saturated carbocycles. The minimum atomic E-state index is -0.417. The van der Waals surface area contributed by atoms with Crippen LogP contribution in [0.3, 0.4) is 0 Å². The van der Waals surface area contributed by atoms with Crippen LogP contribution in [0.2, 0.25) is 5.02 Å². The van der Waals surface area contributed by atoms with Crippen molar-refractivity contribution in [1.82, 2.24) is 9.97 Å². The van der Waals surface area contributed by atoms with Gasteiger partial charge in [0.25, 0.3) is 0 Å². The van der Waals surface area contributed by atoms with Crippen LogP contribution in [0, 0.1) is 0 Å². The maximum absolute atomic E-state index is 12.5. The Kier molecular flexibility index (Phi) is 4.17. The lowest BCUT2D eigenvalue weighted by molar-refractivity contribution is 0.563. The number of nitrogens with one attached hydrogen (secondary N) is 1. The molecule has 5 nitrogen and oxygen atoms in total. The van der Waals surface area contributed by atoms with Crippen molar-refractivity contribution in [3.8, 4) is 11.4 Å². The molecule has 26 heavy (non-hydrogen) atoms. The number of H-pyrrole nitrogens is 1. The molecule has 0 saturated heterocycles. The van der Waals surface area contributed by atoms with E-state index in [1.54, 1.807) is 12.1 Å². The van der Waals surface area contributed by atoms with Gasteiger partial charge in [0, 0.05) is 35.3 Å². The van der Waals surface area contributed by atoms with Crippen LogP contribution in [0.1, 0.15) is 13.8 Å². The molecular formula is C20H18ClN3O2. The number of anilines is 1. The molecule has 0 aliphatic heterocycles. The monoisotopic (exact) mass is 367 g/mol. The third kappa shape index (κ3) is 2.84. The van der Waals surface area contributed by atoms with Crippen LogP contribution in [-0.4, -0.2) is 23.1 Å². The molecule has 0 fully saturated rings. The molecule has 0 aliphatic rings. The van der Waals surface area contributed by atoms with Crippen LogP contribution in [0.15, 0.2) is 51.7 Å². The zero-order valence-corrected chi connectivity index (χ0v) is 15.3. The van der Waals surface area contributed by atoms with Crippen molar-refractivity contribution in [2.24, 2.45) is 0 Å². The van der Waals surface area contributed by atoms with E-state index in [9.17, 15) is 4.79 Å². The second-order valence-corrected chi connectivity index (χ2v) is 6.53. The lowest BCUT2D eigenvalue weighted by Gasteiger charge is -2.20. The van der Waals surface area contributed by atoms with Crippen LogP contribution in [0.25, 0.3) is 33.4 Å². The number of benzene rings is 2. The molecule has 2 aromatic carbocycles. The SMILES string of the molecule is CCN(CC)c1ccc2cc(-c3nc4ccc(Cl)cc4[nH]3)c(=O)oc2c1. The van der Waals surface area contributed by atoms with E-state index in [0.717, 1.165) is 35.2 Å². The second-order valence-electron chi connectivity index (χ2n) is 6.09. The summed E-state index contributed by atoms with van der Waals surface area (Å²) in [6, 6.07) is 13.1. The Morgan fingerprint density at radius 2 is 1.92 bits per heavy atom. The summed E-state index contributed by atoms with van der Waals surface area (Å²) in [4.78, 5) is 22.4. The molecule has 0 amide bonds. The summed E-state index contributed by atoms with van der Waals surface area (Å²) in [5.74, 6) is 0.478. The smallest absolute Gasteiger partial charge is 0.347 e. The maximum atomic E-state index is 12.5. The Bertz CT molecular complexity index is 1160. The number of hydrogen-bond acceptors (Lipinski definition) is 4. The van der Waals surface area contributed by atoms with E-state index in [2.05, 4.69) is 28.7 Å². The first-order chi connectivity index (χ1) is 12.6. The van der Waals surface area contributed by atoms with E-state index in [-0.39, 0.29) is 0 Å². The maximum Gasteiger partial charge on any atom is 0.347 e. The summed E-state index contributed by atoms with van der Waals surface area (Å²) >= 11 is 6.02. The molecule has 0 aliphatic carbocycles. The van der Waals surface area contributed by atoms with E-state index in [4.69, 9.17) is 16.0 Å². The summed E-state index contributed by atoms with van der Waals surface area (Å²) in [5, 5.41) is 1.47. The number of hydrogen-bond donors (Lipinski definition) is 1. The Balaban J connectivity index is 1.84. The number of imidazole rings is 1. The van der Waals surface area contributed by atoms with Gasteiger partial charge >= 0.3 is 5.63 Å². The van der Waals surface area contributed by atoms with Crippen molar-refractivity contribution < 1.29 is 4.42 Å². The third-order valence-electron chi connectivity index (χ3n) is 4.55. The van der Waals surface area contributed by atoms with Gasteiger partial charge in [0.05, 0.1) is 11.0 Å². The van der Waals surface area contributed by atoms with Crippen LogP contribution < -0.4 is 10.5 Å². The molecule has 4 aromatic rings. The standard InChI is InChI=1S/C20H18ClN3O2/c1-3-24(4-2)14-7-5-12-9-15(20(25)26-18(12)11-14)19-22-16-8-6-13(21)10-17(16)23-19/h5-11H,3-4H2,1-2H3,(H,22,23). The number of aromatic amines is 1. The normalized spacial score (nSPS) is 11.3. The Hall–Kier alpha value is -2.79. The molecule has 0 radical (unpaired) electrons. The van der Waals surface area contributed by atoms with Gasteiger partial charge in [0.15, 0.2) is 0 Å². The van der Waals surface area contributed by atoms with Gasteiger partial charge in [-0.2, -0.15) is 0 Å². The highest BCUT2D eigenvalue weighted by Gasteiger charge is 2.13. The van der Waals surface area contributed by atoms with Gasteiger partial charge < -0.3 is 14.3 Å². The quantitative estimate of drug-likeness (QED) is 0.524. The van der Waals surface area contributed by atoms with Crippen LogP contribution in [0.4, 0.5) is 5.69 Å². The summed E-state index contributed by atoms with van der Waals surface area (Å²) in [6.45, 7) is 5.99. The van der Waals surface area contributed by atoms with Crippen LogP contribution >= 0.6 is 11.6 Å². The van der Waals surface area contributed by atoms with Crippen molar-refractivity contribution in [3.05, 3.63) is 57.9 Å². The van der Waals surface area contributed by atoms with E-state index >= 15 is 0 Å². The predicted molar refractivity (Wildman–Crippen MR) is 106 cm³/mol. The van der Waals surface area contributed by atoms with Crippen molar-refractivity contribution in [2.45, 2.75) is 13.8 Å². The largest absolute Gasteiger partial charge is 0.422 e. The third-order valence-corrected chi connectivity index (χ3v) is 4.78. The molecule has 4 rings (SSSR count). The van der Waals surface area contributed by atoms with Gasteiger partial charge in [0.1, 0.15) is 17.0 Å². The highest BCUT2D eigenvalue weighted by molar-refractivity contribution is 6.31. The van der Waals surface area contributed by atoms with E-state index in [0.29, 0.717) is 22.0 Å². The molecule has 132 valence electrons. The highest BCUT2D eigenvalue weighted by Crippen LogP contribution is 2.26. The summed E-state index contributed by atoms with van der Waals surface area (Å²) in [5.41, 5.74) is 3.13. The summed E-state index contributed by atoms with van der Waals surface area (Å²) in [6.07, 6.45) is 0. The first-order valence-electron chi connectivity index (χ1n) is 8.57. The average molecular weight is 368 g/mol. The van der Waals surface area contributed by atoms with Crippen molar-refractivity contribution >= 4 is 39.3 Å². The van der Waals surface area contributed by atoms with Gasteiger partial charge in [-0.05, 0) is 50.2 Å². The Morgan fingerprint density at radius 3 is 2.69 bits per heavy atom. The molecule has 2 heterocycles. The Labute approximate surface area is 155 Å². The average Bonchev–Trinajstić information content (AvgIpc) is 3.05. The Morgan fingerprint density at radius 1 is 1.12 bits per heavy atom. The van der Waals surface area contributed by atoms with Gasteiger partial charge in [0.2, 0.25) is 0 Å². The molecule has 0 bridgehead atoms.